The summed E-state index contributed by atoms with van der Waals surface area (Å²) in [6.07, 6.45) is 0. The second-order valence-corrected chi connectivity index (χ2v) is 8.33. The second kappa shape index (κ2) is 8.10. The van der Waals surface area contributed by atoms with Gasteiger partial charge in [-0.1, -0.05) is 32.0 Å². The SMILES string of the molecule is CCN(CC)S(=O)(=O)c1ccc(N2CCN(c3ccccc3)CC2)cc1. The quantitative estimate of drug-likeness (QED) is 0.781. The smallest absolute Gasteiger partial charge is 0.243 e. The molecule has 1 fully saturated rings. The minimum absolute atomic E-state index is 0.368. The van der Waals surface area contributed by atoms with Crippen molar-refractivity contribution in [2.75, 3.05) is 49.1 Å². The molecule has 140 valence electrons. The number of sulfonamides is 1. The molecule has 0 unspecified atom stereocenters. The van der Waals surface area contributed by atoms with Crippen molar-refractivity contribution in [2.45, 2.75) is 18.7 Å². The van der Waals surface area contributed by atoms with Crippen LogP contribution in [0.3, 0.4) is 0 Å². The molecule has 0 atom stereocenters. The summed E-state index contributed by atoms with van der Waals surface area (Å²) in [6.45, 7) is 8.48. The molecule has 0 aromatic heterocycles. The first-order valence-electron chi connectivity index (χ1n) is 9.21. The van der Waals surface area contributed by atoms with Gasteiger partial charge in [0.05, 0.1) is 4.90 Å². The maximum atomic E-state index is 12.6. The van der Waals surface area contributed by atoms with E-state index < -0.39 is 10.0 Å². The Balaban J connectivity index is 1.67. The van der Waals surface area contributed by atoms with Crippen molar-refractivity contribution in [3.63, 3.8) is 0 Å². The molecule has 5 nitrogen and oxygen atoms in total. The van der Waals surface area contributed by atoms with Crippen molar-refractivity contribution in [1.29, 1.82) is 0 Å². The zero-order valence-electron chi connectivity index (χ0n) is 15.5. The van der Waals surface area contributed by atoms with Gasteiger partial charge < -0.3 is 9.80 Å². The molecule has 0 aliphatic carbocycles. The fraction of sp³-hybridized carbons (Fsp3) is 0.400. The number of benzene rings is 2. The number of nitrogens with zero attached hydrogens (tertiary/aromatic N) is 3. The molecule has 0 bridgehead atoms. The third-order valence-electron chi connectivity index (χ3n) is 4.95. The van der Waals surface area contributed by atoms with Crippen molar-refractivity contribution in [3.05, 3.63) is 54.6 Å². The van der Waals surface area contributed by atoms with Crippen molar-refractivity contribution in [2.24, 2.45) is 0 Å². The lowest BCUT2D eigenvalue weighted by atomic mass is 10.2. The van der Waals surface area contributed by atoms with E-state index in [0.717, 1.165) is 31.9 Å². The van der Waals surface area contributed by atoms with E-state index in [1.807, 2.05) is 32.0 Å². The van der Waals surface area contributed by atoms with Gasteiger partial charge in [-0.25, -0.2) is 8.42 Å². The topological polar surface area (TPSA) is 43.9 Å². The van der Waals surface area contributed by atoms with Gasteiger partial charge in [0.25, 0.3) is 0 Å². The molecule has 0 radical (unpaired) electrons. The average molecular weight is 374 g/mol. The molecule has 0 spiro atoms. The van der Waals surface area contributed by atoms with Crippen LogP contribution in [-0.2, 0) is 10.0 Å². The van der Waals surface area contributed by atoms with Crippen LogP contribution in [0.1, 0.15) is 13.8 Å². The summed E-state index contributed by atoms with van der Waals surface area (Å²) >= 11 is 0. The van der Waals surface area contributed by atoms with Gasteiger partial charge in [-0.2, -0.15) is 4.31 Å². The van der Waals surface area contributed by atoms with Crippen LogP contribution in [0.25, 0.3) is 0 Å². The highest BCUT2D eigenvalue weighted by Crippen LogP contribution is 2.23. The summed E-state index contributed by atoms with van der Waals surface area (Å²) in [5.41, 5.74) is 2.34. The van der Waals surface area contributed by atoms with Gasteiger partial charge in [0.15, 0.2) is 0 Å². The Morgan fingerprint density at radius 2 is 1.23 bits per heavy atom. The predicted octanol–water partition coefficient (Wildman–Crippen LogP) is 3.04. The van der Waals surface area contributed by atoms with E-state index in [4.69, 9.17) is 0 Å². The molecule has 3 rings (SSSR count). The van der Waals surface area contributed by atoms with Crippen LogP contribution < -0.4 is 9.80 Å². The first-order valence-corrected chi connectivity index (χ1v) is 10.7. The Morgan fingerprint density at radius 3 is 1.69 bits per heavy atom. The highest BCUT2D eigenvalue weighted by atomic mass is 32.2. The van der Waals surface area contributed by atoms with Gasteiger partial charge in [0.1, 0.15) is 0 Å². The Bertz CT molecular complexity index is 795. The lowest BCUT2D eigenvalue weighted by Gasteiger charge is -2.37. The van der Waals surface area contributed by atoms with E-state index >= 15 is 0 Å². The van der Waals surface area contributed by atoms with Gasteiger partial charge in [-0.3, -0.25) is 0 Å². The minimum Gasteiger partial charge on any atom is -0.368 e. The highest BCUT2D eigenvalue weighted by Gasteiger charge is 2.22. The molecule has 0 N–H and O–H groups in total. The van der Waals surface area contributed by atoms with Crippen LogP contribution in [0, 0.1) is 0 Å². The second-order valence-electron chi connectivity index (χ2n) is 6.39. The van der Waals surface area contributed by atoms with Crippen molar-refractivity contribution in [1.82, 2.24) is 4.31 Å². The van der Waals surface area contributed by atoms with E-state index in [0.29, 0.717) is 18.0 Å². The Morgan fingerprint density at radius 1 is 0.769 bits per heavy atom. The molecule has 2 aromatic carbocycles. The molecule has 1 aliphatic rings. The van der Waals surface area contributed by atoms with Crippen LogP contribution in [-0.4, -0.2) is 52.0 Å². The van der Waals surface area contributed by atoms with Gasteiger partial charge in [0.2, 0.25) is 10.0 Å². The molecule has 0 amide bonds. The third kappa shape index (κ3) is 3.86. The summed E-state index contributed by atoms with van der Waals surface area (Å²) in [5.74, 6) is 0. The first-order chi connectivity index (χ1) is 12.6. The summed E-state index contributed by atoms with van der Waals surface area (Å²) in [7, 11) is -3.39. The monoisotopic (exact) mass is 373 g/mol. The number of anilines is 2. The lowest BCUT2D eigenvalue weighted by molar-refractivity contribution is 0.445. The van der Waals surface area contributed by atoms with Crippen LogP contribution in [0.2, 0.25) is 0 Å². The molecule has 2 aromatic rings. The molecule has 0 saturated carbocycles. The van der Waals surface area contributed by atoms with Gasteiger partial charge in [-0.15, -0.1) is 0 Å². The molecule has 1 saturated heterocycles. The summed E-state index contributed by atoms with van der Waals surface area (Å²) in [6, 6.07) is 17.8. The summed E-state index contributed by atoms with van der Waals surface area (Å²) < 4.78 is 26.7. The predicted molar refractivity (Wildman–Crippen MR) is 107 cm³/mol. The van der Waals surface area contributed by atoms with Gasteiger partial charge in [0, 0.05) is 50.6 Å². The van der Waals surface area contributed by atoms with E-state index in [1.54, 1.807) is 12.1 Å². The summed E-state index contributed by atoms with van der Waals surface area (Å²) in [4.78, 5) is 5.07. The van der Waals surface area contributed by atoms with Gasteiger partial charge in [-0.05, 0) is 36.4 Å². The summed E-state index contributed by atoms with van der Waals surface area (Å²) in [5, 5.41) is 0. The minimum atomic E-state index is -3.39. The van der Waals surface area contributed by atoms with Gasteiger partial charge >= 0.3 is 0 Å². The average Bonchev–Trinajstić information content (AvgIpc) is 2.70. The van der Waals surface area contributed by atoms with Crippen LogP contribution in [0.5, 0.6) is 0 Å². The lowest BCUT2D eigenvalue weighted by Crippen LogP contribution is -2.46. The normalized spacial score (nSPS) is 15.5. The Labute approximate surface area is 156 Å². The van der Waals surface area contributed by atoms with Crippen LogP contribution in [0.15, 0.2) is 59.5 Å². The van der Waals surface area contributed by atoms with Crippen LogP contribution in [0.4, 0.5) is 11.4 Å². The molecule has 1 heterocycles. The largest absolute Gasteiger partial charge is 0.368 e. The first kappa shape index (κ1) is 18.7. The van der Waals surface area contributed by atoms with Crippen LogP contribution >= 0.6 is 0 Å². The standard InChI is InChI=1S/C20H27N3O2S/c1-3-23(4-2)26(24,25)20-12-10-19(11-13-20)22-16-14-21(15-17-22)18-8-6-5-7-9-18/h5-13H,3-4,14-17H2,1-2H3. The molecule has 6 heteroatoms. The zero-order valence-corrected chi connectivity index (χ0v) is 16.3. The number of hydrogen-bond donors (Lipinski definition) is 0. The fourth-order valence-electron chi connectivity index (χ4n) is 3.40. The fourth-order valence-corrected chi connectivity index (χ4v) is 4.86. The maximum absolute atomic E-state index is 12.6. The van der Waals surface area contributed by atoms with E-state index in [9.17, 15) is 8.42 Å². The van der Waals surface area contributed by atoms with E-state index in [2.05, 4.69) is 34.1 Å². The Kier molecular flexibility index (Phi) is 5.84. The Hall–Kier alpha value is -2.05. The van der Waals surface area contributed by atoms with Crippen molar-refractivity contribution < 1.29 is 8.42 Å². The number of hydrogen-bond acceptors (Lipinski definition) is 4. The maximum Gasteiger partial charge on any atom is 0.243 e. The number of piperazine rings is 1. The number of rotatable bonds is 6. The third-order valence-corrected chi connectivity index (χ3v) is 7.01. The zero-order chi connectivity index (χ0) is 18.6. The molecule has 26 heavy (non-hydrogen) atoms. The molecular formula is C20H27N3O2S. The number of para-hydroxylation sites is 1. The molecular weight excluding hydrogens is 346 g/mol. The highest BCUT2D eigenvalue weighted by molar-refractivity contribution is 7.89. The van der Waals surface area contributed by atoms with Crippen molar-refractivity contribution >= 4 is 21.4 Å². The van der Waals surface area contributed by atoms with E-state index in [1.165, 1.54) is 9.99 Å². The van der Waals surface area contributed by atoms with E-state index in [-0.39, 0.29) is 0 Å². The van der Waals surface area contributed by atoms with Crippen molar-refractivity contribution in [3.8, 4) is 0 Å². The molecule has 1 aliphatic heterocycles.